The van der Waals surface area contributed by atoms with Crippen LogP contribution in [0.1, 0.15) is 40.5 Å². The summed E-state index contributed by atoms with van der Waals surface area (Å²) in [6.45, 7) is 9.01. The van der Waals surface area contributed by atoms with Gasteiger partial charge in [0.15, 0.2) is 0 Å². The molecule has 0 unspecified atom stereocenters. The molecule has 0 bridgehead atoms. The van der Waals surface area contributed by atoms with Crippen LogP contribution in [0.25, 0.3) is 0 Å². The van der Waals surface area contributed by atoms with Crippen molar-refractivity contribution in [2.24, 2.45) is 0 Å². The fraction of sp³-hybridized carbons (Fsp3) is 0.846. The van der Waals surface area contributed by atoms with Gasteiger partial charge in [-0.2, -0.15) is 0 Å². The number of carbonyl (C=O) groups excluding carboxylic acids is 2. The second kappa shape index (κ2) is 8.08. The van der Waals surface area contributed by atoms with Crippen LogP contribution in [0, 0.1) is 0 Å². The summed E-state index contributed by atoms with van der Waals surface area (Å²) in [7, 11) is 1.60. The Morgan fingerprint density at radius 2 is 1.78 bits per heavy atom. The minimum atomic E-state index is -0.499. The molecule has 0 rings (SSSR count). The van der Waals surface area contributed by atoms with E-state index in [1.54, 1.807) is 12.0 Å². The Kier molecular flexibility index (Phi) is 7.59. The summed E-state index contributed by atoms with van der Waals surface area (Å²) in [5, 5.41) is 0. The van der Waals surface area contributed by atoms with Gasteiger partial charge in [0.1, 0.15) is 5.60 Å². The van der Waals surface area contributed by atoms with E-state index in [-0.39, 0.29) is 24.7 Å². The van der Waals surface area contributed by atoms with E-state index in [0.29, 0.717) is 19.7 Å². The van der Waals surface area contributed by atoms with Crippen molar-refractivity contribution in [2.45, 2.75) is 46.1 Å². The predicted molar refractivity (Wildman–Crippen MR) is 69.2 cm³/mol. The van der Waals surface area contributed by atoms with Crippen molar-refractivity contribution >= 4 is 11.9 Å². The third kappa shape index (κ3) is 8.06. The van der Waals surface area contributed by atoms with Gasteiger partial charge < -0.3 is 14.4 Å². The zero-order chi connectivity index (χ0) is 14.2. The molecule has 0 aliphatic carbocycles. The van der Waals surface area contributed by atoms with Crippen molar-refractivity contribution in [3.8, 4) is 0 Å². The molecule has 0 radical (unpaired) electrons. The van der Waals surface area contributed by atoms with Crippen molar-refractivity contribution in [1.82, 2.24) is 4.90 Å². The van der Waals surface area contributed by atoms with Crippen LogP contribution in [0.4, 0.5) is 0 Å². The van der Waals surface area contributed by atoms with Crippen LogP contribution in [0.3, 0.4) is 0 Å². The Labute approximate surface area is 109 Å². The third-order valence-electron chi connectivity index (χ3n) is 2.26. The lowest BCUT2D eigenvalue weighted by molar-refractivity contribution is -0.156. The summed E-state index contributed by atoms with van der Waals surface area (Å²) >= 11 is 0. The number of hydrogen-bond acceptors (Lipinski definition) is 4. The van der Waals surface area contributed by atoms with E-state index in [1.807, 2.05) is 27.7 Å². The summed E-state index contributed by atoms with van der Waals surface area (Å²) < 4.78 is 10.1. The number of amides is 1. The maximum atomic E-state index is 11.8. The van der Waals surface area contributed by atoms with Crippen LogP contribution in [0.5, 0.6) is 0 Å². The van der Waals surface area contributed by atoms with Gasteiger partial charge in [0.2, 0.25) is 5.91 Å². The Balaban J connectivity index is 4.03. The molecule has 18 heavy (non-hydrogen) atoms. The standard InChI is InChI=1S/C13H25NO4/c1-6-14(9-10-17-5)11(15)7-8-12(16)18-13(2,3)4/h6-10H2,1-5H3. The van der Waals surface area contributed by atoms with E-state index in [9.17, 15) is 9.59 Å². The first-order chi connectivity index (χ1) is 8.30. The number of esters is 1. The molecule has 0 heterocycles. The van der Waals surface area contributed by atoms with Crippen LogP contribution in [0.2, 0.25) is 0 Å². The highest BCUT2D eigenvalue weighted by Crippen LogP contribution is 2.09. The van der Waals surface area contributed by atoms with Gasteiger partial charge in [-0.25, -0.2) is 0 Å². The lowest BCUT2D eigenvalue weighted by atomic mass is 10.2. The highest BCUT2D eigenvalue weighted by atomic mass is 16.6. The molecule has 0 N–H and O–H groups in total. The molecule has 0 aromatic carbocycles. The van der Waals surface area contributed by atoms with Crippen LogP contribution in [-0.2, 0) is 19.1 Å². The molecular weight excluding hydrogens is 234 g/mol. The molecule has 0 aliphatic rings. The zero-order valence-electron chi connectivity index (χ0n) is 12.1. The Hall–Kier alpha value is -1.10. The highest BCUT2D eigenvalue weighted by Gasteiger charge is 2.18. The predicted octanol–water partition coefficient (Wildman–Crippen LogP) is 1.60. The first-order valence-electron chi connectivity index (χ1n) is 6.28. The molecule has 0 saturated carbocycles. The fourth-order valence-corrected chi connectivity index (χ4v) is 1.42. The minimum Gasteiger partial charge on any atom is -0.460 e. The number of carbonyl (C=O) groups is 2. The summed E-state index contributed by atoms with van der Waals surface area (Å²) in [6.07, 6.45) is 0.312. The Morgan fingerprint density at radius 1 is 1.17 bits per heavy atom. The van der Waals surface area contributed by atoms with Crippen LogP contribution < -0.4 is 0 Å². The van der Waals surface area contributed by atoms with Gasteiger partial charge in [0, 0.05) is 26.6 Å². The first-order valence-corrected chi connectivity index (χ1v) is 6.28. The van der Waals surface area contributed by atoms with E-state index >= 15 is 0 Å². The van der Waals surface area contributed by atoms with E-state index in [4.69, 9.17) is 9.47 Å². The zero-order valence-corrected chi connectivity index (χ0v) is 12.1. The summed E-state index contributed by atoms with van der Waals surface area (Å²) in [4.78, 5) is 25.0. The number of ether oxygens (including phenoxy) is 2. The second-order valence-electron chi connectivity index (χ2n) is 5.05. The number of likely N-dealkylation sites (N-methyl/N-ethyl adjacent to an activating group) is 1. The Morgan fingerprint density at radius 3 is 2.22 bits per heavy atom. The molecule has 106 valence electrons. The summed E-state index contributed by atoms with van der Waals surface area (Å²) in [5.74, 6) is -0.376. The van der Waals surface area contributed by atoms with E-state index in [2.05, 4.69) is 0 Å². The average Bonchev–Trinajstić information content (AvgIpc) is 2.25. The quantitative estimate of drug-likeness (QED) is 0.652. The molecule has 0 spiro atoms. The van der Waals surface area contributed by atoms with E-state index < -0.39 is 5.60 Å². The largest absolute Gasteiger partial charge is 0.460 e. The molecule has 0 aliphatic heterocycles. The van der Waals surface area contributed by atoms with Crippen molar-refractivity contribution in [3.63, 3.8) is 0 Å². The third-order valence-corrected chi connectivity index (χ3v) is 2.26. The molecule has 0 fully saturated rings. The number of rotatable bonds is 7. The smallest absolute Gasteiger partial charge is 0.306 e. The normalized spacial score (nSPS) is 11.2. The molecule has 0 saturated heterocycles. The van der Waals surface area contributed by atoms with Gasteiger partial charge in [0.25, 0.3) is 0 Å². The Bertz CT molecular complexity index is 271. The summed E-state index contributed by atoms with van der Waals surface area (Å²) in [5.41, 5.74) is -0.499. The number of hydrogen-bond donors (Lipinski definition) is 0. The molecule has 0 aromatic heterocycles. The van der Waals surface area contributed by atoms with Crippen molar-refractivity contribution < 1.29 is 19.1 Å². The van der Waals surface area contributed by atoms with Crippen molar-refractivity contribution in [3.05, 3.63) is 0 Å². The SMILES string of the molecule is CCN(CCOC)C(=O)CCC(=O)OC(C)(C)C. The van der Waals surface area contributed by atoms with E-state index in [1.165, 1.54) is 0 Å². The second-order valence-corrected chi connectivity index (χ2v) is 5.05. The highest BCUT2D eigenvalue weighted by molar-refractivity contribution is 5.81. The van der Waals surface area contributed by atoms with Crippen molar-refractivity contribution in [1.29, 1.82) is 0 Å². The molecular formula is C13H25NO4. The van der Waals surface area contributed by atoms with Crippen molar-refractivity contribution in [2.75, 3.05) is 26.8 Å². The van der Waals surface area contributed by atoms with Crippen LogP contribution in [-0.4, -0.2) is 49.2 Å². The molecule has 0 atom stereocenters. The number of nitrogens with zero attached hydrogens (tertiary/aromatic N) is 1. The topological polar surface area (TPSA) is 55.8 Å². The van der Waals surface area contributed by atoms with Gasteiger partial charge in [-0.1, -0.05) is 0 Å². The lowest BCUT2D eigenvalue weighted by Gasteiger charge is -2.22. The number of methoxy groups -OCH3 is 1. The fourth-order valence-electron chi connectivity index (χ4n) is 1.42. The van der Waals surface area contributed by atoms with Gasteiger partial charge >= 0.3 is 5.97 Å². The first kappa shape index (κ1) is 16.9. The van der Waals surface area contributed by atoms with E-state index in [0.717, 1.165) is 0 Å². The molecule has 5 heteroatoms. The van der Waals surface area contributed by atoms with Crippen LogP contribution >= 0.6 is 0 Å². The van der Waals surface area contributed by atoms with Gasteiger partial charge in [-0.3, -0.25) is 9.59 Å². The molecule has 1 amide bonds. The average molecular weight is 259 g/mol. The van der Waals surface area contributed by atoms with Crippen LogP contribution in [0.15, 0.2) is 0 Å². The van der Waals surface area contributed by atoms with Gasteiger partial charge in [0.05, 0.1) is 13.0 Å². The molecule has 5 nitrogen and oxygen atoms in total. The maximum Gasteiger partial charge on any atom is 0.306 e. The lowest BCUT2D eigenvalue weighted by Crippen LogP contribution is -2.34. The maximum absolute atomic E-state index is 11.8. The minimum absolute atomic E-state index is 0.0413. The van der Waals surface area contributed by atoms with Gasteiger partial charge in [-0.15, -0.1) is 0 Å². The monoisotopic (exact) mass is 259 g/mol. The summed E-state index contributed by atoms with van der Waals surface area (Å²) in [6, 6.07) is 0. The molecule has 0 aromatic rings. The van der Waals surface area contributed by atoms with Gasteiger partial charge in [-0.05, 0) is 27.7 Å².